The molecule has 0 atom stereocenters. The number of benzene rings is 1. The van der Waals surface area contributed by atoms with Crippen molar-refractivity contribution in [1.29, 1.82) is 0 Å². The maximum atomic E-state index is 12.0. The summed E-state index contributed by atoms with van der Waals surface area (Å²) in [6, 6.07) is 10.7. The van der Waals surface area contributed by atoms with Gasteiger partial charge in [-0.25, -0.2) is 0 Å². The van der Waals surface area contributed by atoms with Crippen molar-refractivity contribution in [3.63, 3.8) is 0 Å². The Morgan fingerprint density at radius 1 is 1.13 bits per heavy atom. The highest BCUT2D eigenvalue weighted by Gasteiger charge is 2.09. The highest BCUT2D eigenvalue weighted by Crippen LogP contribution is 2.14. The molecule has 122 valence electrons. The van der Waals surface area contributed by atoms with E-state index in [-0.39, 0.29) is 24.5 Å². The summed E-state index contributed by atoms with van der Waals surface area (Å²) in [5, 5.41) is 2.78. The molecule has 0 saturated heterocycles. The zero-order valence-corrected chi connectivity index (χ0v) is 13.2. The van der Waals surface area contributed by atoms with Crippen LogP contribution in [0.4, 0.5) is 0 Å². The van der Waals surface area contributed by atoms with E-state index in [1.807, 2.05) is 19.1 Å². The molecule has 1 heterocycles. The summed E-state index contributed by atoms with van der Waals surface area (Å²) < 4.78 is 10.5. The van der Waals surface area contributed by atoms with Crippen LogP contribution in [-0.2, 0) is 11.2 Å². The van der Waals surface area contributed by atoms with E-state index in [0.29, 0.717) is 25.1 Å². The Labute approximate surface area is 135 Å². The third-order valence-corrected chi connectivity index (χ3v) is 3.34. The van der Waals surface area contributed by atoms with E-state index < -0.39 is 0 Å². The smallest absolute Gasteiger partial charge is 0.220 e. The summed E-state index contributed by atoms with van der Waals surface area (Å²) in [5.74, 6) is 1.39. The van der Waals surface area contributed by atoms with E-state index >= 15 is 0 Å². The van der Waals surface area contributed by atoms with Crippen molar-refractivity contribution in [2.75, 3.05) is 13.2 Å². The van der Waals surface area contributed by atoms with Gasteiger partial charge in [0.15, 0.2) is 5.78 Å². The Balaban J connectivity index is 1.69. The molecule has 0 bridgehead atoms. The van der Waals surface area contributed by atoms with E-state index in [1.165, 1.54) is 0 Å². The fourth-order valence-corrected chi connectivity index (χ4v) is 2.14. The lowest BCUT2D eigenvalue weighted by molar-refractivity contribution is -0.121. The number of ketones is 1. The minimum absolute atomic E-state index is 0.0470. The van der Waals surface area contributed by atoms with Gasteiger partial charge in [-0.05, 0) is 43.3 Å². The van der Waals surface area contributed by atoms with Gasteiger partial charge in [0.05, 0.1) is 12.9 Å². The van der Waals surface area contributed by atoms with Gasteiger partial charge in [0.1, 0.15) is 11.5 Å². The number of hydrogen-bond donors (Lipinski definition) is 1. The number of rotatable bonds is 9. The second-order valence-corrected chi connectivity index (χ2v) is 5.06. The van der Waals surface area contributed by atoms with Crippen molar-refractivity contribution in [2.45, 2.75) is 26.2 Å². The van der Waals surface area contributed by atoms with Gasteiger partial charge in [-0.3, -0.25) is 9.59 Å². The van der Waals surface area contributed by atoms with Gasteiger partial charge in [-0.2, -0.15) is 0 Å². The largest absolute Gasteiger partial charge is 0.494 e. The first kappa shape index (κ1) is 16.8. The molecule has 1 aromatic heterocycles. The molecule has 0 aliphatic carbocycles. The molecule has 0 spiro atoms. The molecule has 0 fully saturated rings. The second kappa shape index (κ2) is 8.78. The summed E-state index contributed by atoms with van der Waals surface area (Å²) in [4.78, 5) is 23.8. The van der Waals surface area contributed by atoms with Gasteiger partial charge < -0.3 is 14.5 Å². The fourth-order valence-electron chi connectivity index (χ4n) is 2.14. The van der Waals surface area contributed by atoms with Gasteiger partial charge in [-0.1, -0.05) is 0 Å². The Morgan fingerprint density at radius 2 is 1.91 bits per heavy atom. The first-order chi connectivity index (χ1) is 11.2. The molecule has 0 aliphatic heterocycles. The van der Waals surface area contributed by atoms with E-state index in [1.54, 1.807) is 30.5 Å². The van der Waals surface area contributed by atoms with Crippen molar-refractivity contribution in [3.8, 4) is 5.75 Å². The minimum Gasteiger partial charge on any atom is -0.494 e. The topological polar surface area (TPSA) is 68.5 Å². The van der Waals surface area contributed by atoms with E-state index in [9.17, 15) is 9.59 Å². The van der Waals surface area contributed by atoms with Crippen LogP contribution < -0.4 is 10.1 Å². The molecular weight excluding hydrogens is 294 g/mol. The van der Waals surface area contributed by atoms with Crippen molar-refractivity contribution >= 4 is 11.7 Å². The maximum absolute atomic E-state index is 12.0. The number of carbonyl (C=O) groups is 2. The van der Waals surface area contributed by atoms with Crippen molar-refractivity contribution in [2.24, 2.45) is 0 Å². The molecule has 2 aromatic rings. The van der Waals surface area contributed by atoms with Gasteiger partial charge in [0, 0.05) is 31.4 Å². The molecule has 5 heteroatoms. The summed E-state index contributed by atoms with van der Waals surface area (Å²) >= 11 is 0. The quantitative estimate of drug-likeness (QED) is 0.722. The number of hydrogen-bond acceptors (Lipinski definition) is 4. The van der Waals surface area contributed by atoms with Crippen molar-refractivity contribution in [1.82, 2.24) is 5.32 Å². The van der Waals surface area contributed by atoms with E-state index in [0.717, 1.165) is 11.5 Å². The molecule has 0 aliphatic rings. The molecule has 1 amide bonds. The molecule has 1 N–H and O–H groups in total. The van der Waals surface area contributed by atoms with Crippen LogP contribution in [0, 0.1) is 0 Å². The molecule has 2 rings (SSSR count). The minimum atomic E-state index is -0.129. The molecular formula is C18H21NO4. The average Bonchev–Trinajstić information content (AvgIpc) is 3.07. The number of nitrogens with one attached hydrogen (secondary N) is 1. The van der Waals surface area contributed by atoms with Crippen molar-refractivity contribution < 1.29 is 18.7 Å². The number of ether oxygens (including phenoxy) is 1. The Morgan fingerprint density at radius 3 is 2.57 bits per heavy atom. The van der Waals surface area contributed by atoms with Crippen LogP contribution in [-0.4, -0.2) is 24.8 Å². The van der Waals surface area contributed by atoms with Crippen LogP contribution in [0.2, 0.25) is 0 Å². The third kappa shape index (κ3) is 5.62. The van der Waals surface area contributed by atoms with Crippen LogP contribution >= 0.6 is 0 Å². The predicted molar refractivity (Wildman–Crippen MR) is 86.6 cm³/mol. The van der Waals surface area contributed by atoms with Crippen LogP contribution in [0.3, 0.4) is 0 Å². The second-order valence-electron chi connectivity index (χ2n) is 5.06. The lowest BCUT2D eigenvalue weighted by Crippen LogP contribution is -2.25. The van der Waals surface area contributed by atoms with Crippen LogP contribution in [0.15, 0.2) is 47.1 Å². The number of carbonyl (C=O) groups excluding carboxylic acids is 2. The average molecular weight is 315 g/mol. The monoisotopic (exact) mass is 315 g/mol. The lowest BCUT2D eigenvalue weighted by atomic mass is 10.1. The molecule has 5 nitrogen and oxygen atoms in total. The van der Waals surface area contributed by atoms with E-state index in [2.05, 4.69) is 5.32 Å². The van der Waals surface area contributed by atoms with Crippen LogP contribution in [0.25, 0.3) is 0 Å². The summed E-state index contributed by atoms with van der Waals surface area (Å²) in [6.45, 7) is 3.00. The van der Waals surface area contributed by atoms with Gasteiger partial charge in [0.25, 0.3) is 0 Å². The third-order valence-electron chi connectivity index (χ3n) is 3.34. The molecule has 0 saturated carbocycles. The zero-order valence-electron chi connectivity index (χ0n) is 13.2. The number of Topliss-reactive ketones (excluding diaryl/α,β-unsaturated/α-hetero) is 1. The molecule has 0 unspecified atom stereocenters. The van der Waals surface area contributed by atoms with Gasteiger partial charge in [0.2, 0.25) is 5.91 Å². The van der Waals surface area contributed by atoms with E-state index in [4.69, 9.17) is 9.15 Å². The first-order valence-corrected chi connectivity index (χ1v) is 7.74. The first-order valence-electron chi connectivity index (χ1n) is 7.74. The van der Waals surface area contributed by atoms with Crippen molar-refractivity contribution in [3.05, 3.63) is 54.0 Å². The van der Waals surface area contributed by atoms with Crippen LogP contribution in [0.1, 0.15) is 35.9 Å². The lowest BCUT2D eigenvalue weighted by Gasteiger charge is -2.05. The Kier molecular flexibility index (Phi) is 6.41. The van der Waals surface area contributed by atoms with Gasteiger partial charge in [-0.15, -0.1) is 0 Å². The zero-order chi connectivity index (χ0) is 16.5. The fraction of sp³-hybridized carbons (Fsp3) is 0.333. The summed E-state index contributed by atoms with van der Waals surface area (Å²) in [6.07, 6.45) is 2.63. The summed E-state index contributed by atoms with van der Waals surface area (Å²) in [5.41, 5.74) is 0.594. The molecule has 1 aromatic carbocycles. The number of amides is 1. The molecule has 23 heavy (non-hydrogen) atoms. The Bertz CT molecular complexity index is 617. The maximum Gasteiger partial charge on any atom is 0.220 e. The normalized spacial score (nSPS) is 10.3. The Hall–Kier alpha value is -2.56. The number of furan rings is 1. The highest BCUT2D eigenvalue weighted by molar-refractivity contribution is 5.98. The van der Waals surface area contributed by atoms with Gasteiger partial charge >= 0.3 is 0 Å². The molecule has 0 radical (unpaired) electrons. The standard InChI is InChI=1S/C18H21NO4/c1-2-22-16-7-5-14(6-8-16)17(20)9-10-18(21)19-12-11-15-4-3-13-23-15/h3-8,13H,2,9-12H2,1H3,(H,19,21). The SMILES string of the molecule is CCOc1ccc(C(=O)CCC(=O)NCCc2ccco2)cc1. The predicted octanol–water partition coefficient (Wildman–Crippen LogP) is 3.00. The summed E-state index contributed by atoms with van der Waals surface area (Å²) in [7, 11) is 0. The highest BCUT2D eigenvalue weighted by atomic mass is 16.5. The van der Waals surface area contributed by atoms with Crippen LogP contribution in [0.5, 0.6) is 5.75 Å².